The Morgan fingerprint density at radius 2 is 1.95 bits per heavy atom. The Balaban J connectivity index is 2.73. The minimum Gasteiger partial charge on any atom is -0.463 e. The lowest BCUT2D eigenvalue weighted by Gasteiger charge is -2.44. The topological polar surface area (TPSA) is 73.9 Å². The Labute approximate surface area is 125 Å². The fourth-order valence-electron chi connectivity index (χ4n) is 1.88. The lowest BCUT2D eigenvalue weighted by molar-refractivity contribution is -0.303. The maximum atomic E-state index is 12.3. The van der Waals surface area contributed by atoms with Gasteiger partial charge in [0.15, 0.2) is 5.79 Å². The number of carbonyl (C=O) groups is 2. The van der Waals surface area contributed by atoms with Gasteiger partial charge in [0, 0.05) is 11.6 Å². The molecule has 1 unspecified atom stereocenters. The Bertz CT molecular complexity index is 439. The maximum absolute atomic E-state index is 12.3. The molecule has 0 aliphatic carbocycles. The lowest BCUT2D eigenvalue weighted by atomic mass is 9.85. The minimum absolute atomic E-state index is 0.294. The third-order valence-corrected chi connectivity index (χ3v) is 3.17. The van der Waals surface area contributed by atoms with Gasteiger partial charge in [0.05, 0.1) is 18.8 Å². The second-order valence-corrected chi connectivity index (χ2v) is 6.23. The summed E-state index contributed by atoms with van der Waals surface area (Å²) in [6.45, 7) is 11.3. The first-order chi connectivity index (χ1) is 9.59. The average Bonchev–Trinajstić information content (AvgIpc) is 2.39. The maximum Gasteiger partial charge on any atom is 0.335 e. The van der Waals surface area contributed by atoms with E-state index in [0.717, 1.165) is 0 Å². The number of hydrogen-bond acceptors (Lipinski definition) is 5. The van der Waals surface area contributed by atoms with Crippen molar-refractivity contribution in [2.75, 3.05) is 13.2 Å². The van der Waals surface area contributed by atoms with Crippen molar-refractivity contribution in [3.63, 3.8) is 0 Å². The van der Waals surface area contributed by atoms with Gasteiger partial charge in [0.25, 0.3) is 5.91 Å². The molecule has 1 heterocycles. The van der Waals surface area contributed by atoms with Crippen LogP contribution in [0, 0.1) is 5.41 Å². The number of ether oxygens (including phenoxy) is 3. The first kappa shape index (κ1) is 17.7. The van der Waals surface area contributed by atoms with Gasteiger partial charge in [0.1, 0.15) is 6.10 Å². The van der Waals surface area contributed by atoms with Gasteiger partial charge < -0.3 is 19.5 Å². The molecule has 0 aromatic carbocycles. The Morgan fingerprint density at radius 1 is 1.33 bits per heavy atom. The summed E-state index contributed by atoms with van der Waals surface area (Å²) in [5.74, 6) is -1.57. The monoisotopic (exact) mass is 299 g/mol. The highest BCUT2D eigenvalue weighted by molar-refractivity contribution is 5.89. The number of hydrogen-bond donors (Lipinski definition) is 1. The average molecular weight is 299 g/mol. The zero-order valence-corrected chi connectivity index (χ0v) is 13.6. The van der Waals surface area contributed by atoms with Crippen LogP contribution in [0.15, 0.2) is 11.8 Å². The molecular formula is C15H25NO5. The van der Waals surface area contributed by atoms with E-state index >= 15 is 0 Å². The summed E-state index contributed by atoms with van der Waals surface area (Å²) >= 11 is 0. The molecule has 0 saturated carbocycles. The van der Waals surface area contributed by atoms with Crippen LogP contribution in [0.4, 0.5) is 0 Å². The number of nitrogens with one attached hydrogen (secondary N) is 1. The lowest BCUT2D eigenvalue weighted by Crippen LogP contribution is -2.56. The van der Waals surface area contributed by atoms with Gasteiger partial charge in [-0.05, 0) is 27.7 Å². The van der Waals surface area contributed by atoms with E-state index in [2.05, 4.69) is 5.32 Å². The molecule has 21 heavy (non-hydrogen) atoms. The van der Waals surface area contributed by atoms with Crippen molar-refractivity contribution in [3.05, 3.63) is 11.8 Å². The fraction of sp³-hybridized carbons (Fsp3) is 0.733. The molecule has 0 aromatic heterocycles. The summed E-state index contributed by atoms with van der Waals surface area (Å²) in [5.41, 5.74) is -0.125. The predicted octanol–water partition coefficient (Wildman–Crippen LogP) is 1.75. The molecule has 1 aliphatic rings. The molecule has 6 heteroatoms. The summed E-state index contributed by atoms with van der Waals surface area (Å²) in [7, 11) is 0. The molecule has 1 fully saturated rings. The molecule has 0 aromatic rings. The molecule has 0 spiro atoms. The molecule has 1 rings (SSSR count). The van der Waals surface area contributed by atoms with E-state index in [4.69, 9.17) is 14.2 Å². The molecule has 1 amide bonds. The standard InChI is InChI=1S/C15H25NO5/c1-7-19-13(18)10(2)8-16-12(17)11-14(3,4)9-20-15(5,6)21-11/h8,11H,7,9H2,1-6H3,(H,16,17)/b10-8-. The van der Waals surface area contributed by atoms with E-state index in [1.165, 1.54) is 6.20 Å². The highest BCUT2D eigenvalue weighted by Crippen LogP contribution is 2.34. The van der Waals surface area contributed by atoms with Crippen molar-refractivity contribution in [3.8, 4) is 0 Å². The van der Waals surface area contributed by atoms with Crippen molar-refractivity contribution in [1.29, 1.82) is 0 Å². The Kier molecular flexibility index (Phi) is 5.53. The van der Waals surface area contributed by atoms with Gasteiger partial charge in [-0.25, -0.2) is 4.79 Å². The third kappa shape index (κ3) is 4.82. The highest BCUT2D eigenvalue weighted by atomic mass is 16.7. The van der Waals surface area contributed by atoms with Gasteiger partial charge in [-0.1, -0.05) is 13.8 Å². The van der Waals surface area contributed by atoms with Crippen LogP contribution in [-0.2, 0) is 23.8 Å². The Morgan fingerprint density at radius 3 is 2.52 bits per heavy atom. The fourth-order valence-corrected chi connectivity index (χ4v) is 1.88. The van der Waals surface area contributed by atoms with Crippen LogP contribution in [0.2, 0.25) is 0 Å². The van der Waals surface area contributed by atoms with Crippen molar-refractivity contribution in [2.45, 2.75) is 53.4 Å². The summed E-state index contributed by atoms with van der Waals surface area (Å²) in [6.07, 6.45) is 0.690. The van der Waals surface area contributed by atoms with E-state index in [-0.39, 0.29) is 5.91 Å². The summed E-state index contributed by atoms with van der Waals surface area (Å²) in [4.78, 5) is 23.8. The molecule has 6 nitrogen and oxygen atoms in total. The molecule has 120 valence electrons. The highest BCUT2D eigenvalue weighted by Gasteiger charge is 2.45. The first-order valence-electron chi connectivity index (χ1n) is 7.05. The van der Waals surface area contributed by atoms with Crippen LogP contribution >= 0.6 is 0 Å². The zero-order chi connectivity index (χ0) is 16.3. The second-order valence-electron chi connectivity index (χ2n) is 6.23. The van der Waals surface area contributed by atoms with Crippen LogP contribution < -0.4 is 5.32 Å². The van der Waals surface area contributed by atoms with E-state index in [9.17, 15) is 9.59 Å². The van der Waals surface area contributed by atoms with E-state index in [0.29, 0.717) is 18.8 Å². The largest absolute Gasteiger partial charge is 0.463 e. The number of amides is 1. The van der Waals surface area contributed by atoms with Crippen molar-refractivity contribution < 1.29 is 23.8 Å². The predicted molar refractivity (Wildman–Crippen MR) is 77.2 cm³/mol. The van der Waals surface area contributed by atoms with Crippen molar-refractivity contribution >= 4 is 11.9 Å². The number of rotatable bonds is 4. The van der Waals surface area contributed by atoms with E-state index in [1.807, 2.05) is 13.8 Å². The zero-order valence-electron chi connectivity index (χ0n) is 13.6. The van der Waals surface area contributed by atoms with Crippen molar-refractivity contribution in [2.24, 2.45) is 5.41 Å². The van der Waals surface area contributed by atoms with Gasteiger partial charge >= 0.3 is 5.97 Å². The first-order valence-corrected chi connectivity index (χ1v) is 7.05. The molecule has 1 N–H and O–H groups in total. The van der Waals surface area contributed by atoms with Crippen LogP contribution in [0.25, 0.3) is 0 Å². The third-order valence-electron chi connectivity index (χ3n) is 3.17. The normalized spacial score (nSPS) is 24.3. The smallest absolute Gasteiger partial charge is 0.335 e. The quantitative estimate of drug-likeness (QED) is 0.632. The van der Waals surface area contributed by atoms with Crippen LogP contribution in [0.1, 0.15) is 41.5 Å². The van der Waals surface area contributed by atoms with Crippen molar-refractivity contribution in [1.82, 2.24) is 5.32 Å². The molecular weight excluding hydrogens is 274 g/mol. The minimum atomic E-state index is -0.808. The Hall–Kier alpha value is -1.40. The van der Waals surface area contributed by atoms with Crippen LogP contribution in [-0.4, -0.2) is 37.0 Å². The molecule has 0 radical (unpaired) electrons. The number of esters is 1. The van der Waals surface area contributed by atoms with Gasteiger partial charge in [-0.3, -0.25) is 4.79 Å². The van der Waals surface area contributed by atoms with E-state index < -0.39 is 23.3 Å². The van der Waals surface area contributed by atoms with Gasteiger partial charge in [-0.2, -0.15) is 0 Å². The van der Waals surface area contributed by atoms with Crippen LogP contribution in [0.3, 0.4) is 0 Å². The summed E-state index contributed by atoms with van der Waals surface area (Å²) < 4.78 is 16.1. The molecule has 1 aliphatic heterocycles. The molecule has 0 bridgehead atoms. The number of carbonyl (C=O) groups excluding carboxylic acids is 2. The SMILES string of the molecule is CCOC(=O)/C(C)=C\NC(=O)C1OC(C)(C)OCC1(C)C. The molecule has 1 saturated heterocycles. The van der Waals surface area contributed by atoms with E-state index in [1.54, 1.807) is 27.7 Å². The second kappa shape index (κ2) is 6.58. The van der Waals surface area contributed by atoms with Gasteiger partial charge in [0.2, 0.25) is 0 Å². The molecule has 1 atom stereocenters. The summed E-state index contributed by atoms with van der Waals surface area (Å²) in [6, 6.07) is 0. The van der Waals surface area contributed by atoms with Gasteiger partial charge in [-0.15, -0.1) is 0 Å². The summed E-state index contributed by atoms with van der Waals surface area (Å²) in [5, 5.41) is 2.60. The van der Waals surface area contributed by atoms with Crippen LogP contribution in [0.5, 0.6) is 0 Å².